The van der Waals surface area contributed by atoms with Gasteiger partial charge in [-0.05, 0) is 97.8 Å². The summed E-state index contributed by atoms with van der Waals surface area (Å²) >= 11 is 0. The standard InChI is InChI=1S/C68H46N4/c1-43-29-33-47(34-30-43)69(57-25-13-9-21-49(57)45-17-5-3-6-18-45)61-39-37-51-55-41-64-56(42-63(55)71-59-27-15-11-23-53(59)65(61)67(51)71)52-38-40-62(66-54-24-12-16-28-60(54)72(64)68(52)66)70(48-35-31-44(2)32-36-48)58-26-14-10-22-50(58)46-19-7-4-8-20-46/h3-42H,1-2H3. The predicted octanol–water partition coefficient (Wildman–Crippen LogP) is 18.9. The summed E-state index contributed by atoms with van der Waals surface area (Å²) in [5, 5.41) is 9.94. The van der Waals surface area contributed by atoms with Crippen LogP contribution in [0.5, 0.6) is 0 Å². The van der Waals surface area contributed by atoms with Crippen LogP contribution < -0.4 is 9.80 Å². The van der Waals surface area contributed by atoms with Crippen molar-refractivity contribution in [3.05, 3.63) is 254 Å². The SMILES string of the molecule is Cc1ccc(N(c2ccccc2-c2ccccc2)c2ccc3c4cc5c(cc4n4c6ccccc6c2c34)c2ccc(N(c3ccc(C)cc3)c3ccccc3-c3ccccc3)c3c4ccccc4n5c23)cc1. The molecule has 0 N–H and O–H groups in total. The average molecular weight is 919 g/mol. The van der Waals surface area contributed by atoms with Gasteiger partial charge in [-0.25, -0.2) is 0 Å². The minimum absolute atomic E-state index is 1.12. The van der Waals surface area contributed by atoms with Gasteiger partial charge in [-0.3, -0.25) is 0 Å². The zero-order valence-electron chi connectivity index (χ0n) is 39.9. The van der Waals surface area contributed by atoms with Gasteiger partial charge in [-0.1, -0.05) is 181 Å². The van der Waals surface area contributed by atoms with Crippen LogP contribution in [-0.4, -0.2) is 8.80 Å². The van der Waals surface area contributed by atoms with E-state index in [0.717, 1.165) is 34.1 Å². The van der Waals surface area contributed by atoms with Gasteiger partial charge in [0.1, 0.15) is 0 Å². The molecule has 0 saturated carbocycles. The molecule has 4 nitrogen and oxygen atoms in total. The molecule has 0 fully saturated rings. The van der Waals surface area contributed by atoms with Gasteiger partial charge in [0, 0.05) is 65.6 Å². The molecule has 0 bridgehead atoms. The Morgan fingerprint density at radius 3 is 1.08 bits per heavy atom. The molecule has 0 saturated heterocycles. The predicted molar refractivity (Wildman–Crippen MR) is 305 cm³/mol. The van der Waals surface area contributed by atoms with Crippen LogP contribution >= 0.6 is 0 Å². The Hall–Kier alpha value is -9.38. The first-order valence-electron chi connectivity index (χ1n) is 24.9. The van der Waals surface area contributed by atoms with E-state index in [9.17, 15) is 0 Å². The minimum atomic E-state index is 1.12. The second kappa shape index (κ2) is 15.6. The lowest BCUT2D eigenvalue weighted by Crippen LogP contribution is -2.11. The van der Waals surface area contributed by atoms with E-state index in [1.165, 1.54) is 110 Å². The summed E-state index contributed by atoms with van der Waals surface area (Å²) in [5.41, 5.74) is 21.3. The van der Waals surface area contributed by atoms with Crippen molar-refractivity contribution in [2.24, 2.45) is 0 Å². The van der Waals surface area contributed by atoms with Crippen LogP contribution in [0.1, 0.15) is 11.1 Å². The van der Waals surface area contributed by atoms with Crippen molar-refractivity contribution < 1.29 is 0 Å². The summed E-state index contributed by atoms with van der Waals surface area (Å²) in [6, 6.07) is 89.7. The van der Waals surface area contributed by atoms with Crippen LogP contribution in [0.2, 0.25) is 0 Å². The molecule has 4 heteroatoms. The van der Waals surface area contributed by atoms with Crippen LogP contribution in [0.3, 0.4) is 0 Å². The van der Waals surface area contributed by atoms with E-state index in [1.807, 2.05) is 0 Å². The zero-order valence-corrected chi connectivity index (χ0v) is 39.9. The Kier molecular flexibility index (Phi) is 8.75. The highest BCUT2D eigenvalue weighted by molar-refractivity contribution is 6.32. The summed E-state index contributed by atoms with van der Waals surface area (Å²) in [5.74, 6) is 0. The van der Waals surface area contributed by atoms with E-state index in [1.54, 1.807) is 0 Å². The van der Waals surface area contributed by atoms with Crippen LogP contribution in [0, 0.1) is 13.8 Å². The average Bonchev–Trinajstić information content (AvgIpc) is 4.17. The third kappa shape index (κ3) is 5.81. The topological polar surface area (TPSA) is 15.3 Å². The summed E-state index contributed by atoms with van der Waals surface area (Å²) in [6.45, 7) is 4.32. The molecule has 0 amide bonds. The zero-order chi connectivity index (χ0) is 47.6. The number of benzene rings is 11. The molecule has 11 aromatic carbocycles. The lowest BCUT2D eigenvalue weighted by atomic mass is 9.99. The van der Waals surface area contributed by atoms with Crippen LogP contribution in [-0.2, 0) is 0 Å². The molecule has 0 spiro atoms. The summed E-state index contributed by atoms with van der Waals surface area (Å²) < 4.78 is 5.10. The number of nitrogens with zero attached hydrogens (tertiary/aromatic N) is 4. The smallest absolute Gasteiger partial charge is 0.0641 e. The number of hydrogen-bond acceptors (Lipinski definition) is 2. The van der Waals surface area contributed by atoms with E-state index in [4.69, 9.17) is 0 Å². The number of rotatable bonds is 8. The summed E-state index contributed by atoms with van der Waals surface area (Å²) in [7, 11) is 0. The molecule has 15 rings (SSSR count). The van der Waals surface area contributed by atoms with Gasteiger partial charge in [0.15, 0.2) is 0 Å². The molecule has 0 aliphatic carbocycles. The van der Waals surface area contributed by atoms with Crippen molar-refractivity contribution >= 4 is 110 Å². The lowest BCUT2D eigenvalue weighted by molar-refractivity contribution is 1.29. The highest BCUT2D eigenvalue weighted by atomic mass is 15.2. The molecule has 72 heavy (non-hydrogen) atoms. The van der Waals surface area contributed by atoms with Crippen molar-refractivity contribution in [3.63, 3.8) is 0 Å². The Morgan fingerprint density at radius 2 is 0.653 bits per heavy atom. The minimum Gasteiger partial charge on any atom is -0.309 e. The fraction of sp³-hybridized carbons (Fsp3) is 0.0294. The van der Waals surface area contributed by atoms with Crippen LogP contribution in [0.25, 0.3) is 98.4 Å². The van der Waals surface area contributed by atoms with Crippen LogP contribution in [0.15, 0.2) is 243 Å². The van der Waals surface area contributed by atoms with Gasteiger partial charge in [-0.2, -0.15) is 0 Å². The third-order valence-corrected chi connectivity index (χ3v) is 15.3. The first kappa shape index (κ1) is 40.5. The van der Waals surface area contributed by atoms with E-state index in [-0.39, 0.29) is 0 Å². The number of aromatic nitrogens is 2. The summed E-state index contributed by atoms with van der Waals surface area (Å²) in [6.07, 6.45) is 0. The van der Waals surface area contributed by atoms with E-state index >= 15 is 0 Å². The number of hydrogen-bond donors (Lipinski definition) is 0. The highest BCUT2D eigenvalue weighted by Crippen LogP contribution is 2.52. The molecular weight excluding hydrogens is 873 g/mol. The molecule has 0 aliphatic rings. The van der Waals surface area contributed by atoms with Crippen molar-refractivity contribution in [3.8, 4) is 22.3 Å². The van der Waals surface area contributed by atoms with Gasteiger partial charge in [0.25, 0.3) is 0 Å². The summed E-state index contributed by atoms with van der Waals surface area (Å²) in [4.78, 5) is 4.96. The van der Waals surface area contributed by atoms with Crippen molar-refractivity contribution in [1.82, 2.24) is 8.80 Å². The fourth-order valence-corrected chi connectivity index (χ4v) is 12.1. The maximum absolute atomic E-state index is 2.55. The molecule has 0 radical (unpaired) electrons. The first-order valence-corrected chi connectivity index (χ1v) is 24.9. The highest BCUT2D eigenvalue weighted by Gasteiger charge is 2.29. The molecule has 0 atom stereocenters. The molecule has 338 valence electrons. The second-order valence-corrected chi connectivity index (χ2v) is 19.4. The number of fused-ring (bicyclic) bond motifs is 12. The van der Waals surface area contributed by atoms with E-state index < -0.39 is 0 Å². The molecular formula is C68H46N4. The van der Waals surface area contributed by atoms with Crippen molar-refractivity contribution in [2.45, 2.75) is 13.8 Å². The van der Waals surface area contributed by atoms with Crippen molar-refractivity contribution in [2.75, 3.05) is 9.80 Å². The Morgan fingerprint density at radius 1 is 0.278 bits per heavy atom. The fourth-order valence-electron chi connectivity index (χ4n) is 12.1. The number of aryl methyl sites for hydroxylation is 2. The van der Waals surface area contributed by atoms with Crippen molar-refractivity contribution in [1.29, 1.82) is 0 Å². The molecule has 4 aromatic heterocycles. The molecule has 0 unspecified atom stereocenters. The van der Waals surface area contributed by atoms with E-state index in [0.29, 0.717) is 0 Å². The maximum Gasteiger partial charge on any atom is 0.0641 e. The Balaban J connectivity index is 1.01. The van der Waals surface area contributed by atoms with Gasteiger partial charge in [-0.15, -0.1) is 0 Å². The van der Waals surface area contributed by atoms with Gasteiger partial charge >= 0.3 is 0 Å². The van der Waals surface area contributed by atoms with E-state index in [2.05, 4.69) is 275 Å². The van der Waals surface area contributed by atoms with Gasteiger partial charge < -0.3 is 18.6 Å². The largest absolute Gasteiger partial charge is 0.309 e. The lowest BCUT2D eigenvalue weighted by Gasteiger charge is -2.29. The monoisotopic (exact) mass is 918 g/mol. The second-order valence-electron chi connectivity index (χ2n) is 19.4. The number of para-hydroxylation sites is 4. The normalized spacial score (nSPS) is 12.0. The van der Waals surface area contributed by atoms with Crippen LogP contribution in [0.4, 0.5) is 34.1 Å². The number of anilines is 6. The maximum atomic E-state index is 2.55. The molecule has 15 aromatic rings. The molecule has 4 heterocycles. The van der Waals surface area contributed by atoms with Gasteiger partial charge in [0.05, 0.1) is 55.8 Å². The Labute approximate surface area is 416 Å². The first-order chi connectivity index (χ1) is 35.6. The molecule has 0 aliphatic heterocycles. The van der Waals surface area contributed by atoms with Gasteiger partial charge in [0.2, 0.25) is 0 Å². The quantitative estimate of drug-likeness (QED) is 0.151. The third-order valence-electron chi connectivity index (χ3n) is 15.3. The Bertz CT molecular complexity index is 4270.